The van der Waals surface area contributed by atoms with Crippen molar-refractivity contribution >= 4 is 17.5 Å². The molecule has 2 rings (SSSR count). The number of benzene rings is 1. The molecule has 0 aliphatic carbocycles. The maximum Gasteiger partial charge on any atom is 0.253 e. The van der Waals surface area contributed by atoms with Gasteiger partial charge in [0.15, 0.2) is 0 Å². The highest BCUT2D eigenvalue weighted by atomic mass is 16.5. The van der Waals surface area contributed by atoms with Gasteiger partial charge in [0.2, 0.25) is 5.91 Å². The Kier molecular flexibility index (Phi) is 6.61. The van der Waals surface area contributed by atoms with Crippen LogP contribution in [-0.4, -0.2) is 50.5 Å². The number of amides is 2. The zero-order valence-electron chi connectivity index (χ0n) is 14.7. The first-order valence-electron chi connectivity index (χ1n) is 8.50. The second-order valence-electron chi connectivity index (χ2n) is 6.29. The van der Waals surface area contributed by atoms with E-state index in [0.29, 0.717) is 35.9 Å². The summed E-state index contributed by atoms with van der Waals surface area (Å²) in [6.45, 7) is 4.39. The lowest BCUT2D eigenvalue weighted by atomic mass is 10.0. The Morgan fingerprint density at radius 3 is 2.79 bits per heavy atom. The van der Waals surface area contributed by atoms with Crippen LogP contribution in [0.5, 0.6) is 5.75 Å². The van der Waals surface area contributed by atoms with Gasteiger partial charge in [-0.25, -0.2) is 0 Å². The summed E-state index contributed by atoms with van der Waals surface area (Å²) in [5.41, 5.74) is 1.15. The Hall–Kier alpha value is -2.08. The molecule has 0 aromatic heterocycles. The average Bonchev–Trinajstić information content (AvgIpc) is 3.07. The van der Waals surface area contributed by atoms with Crippen molar-refractivity contribution in [2.75, 3.05) is 39.1 Å². The van der Waals surface area contributed by atoms with Gasteiger partial charge in [-0.15, -0.1) is 0 Å². The van der Waals surface area contributed by atoms with Crippen LogP contribution in [0.25, 0.3) is 0 Å². The predicted molar refractivity (Wildman–Crippen MR) is 94.5 cm³/mol. The number of nitrogens with one attached hydrogen (secondary N) is 2. The summed E-state index contributed by atoms with van der Waals surface area (Å²) < 4.78 is 5.59. The van der Waals surface area contributed by atoms with E-state index in [1.165, 1.54) is 4.90 Å². The number of ether oxygens (including phenoxy) is 1. The Bertz CT molecular complexity index is 581. The number of anilines is 1. The highest BCUT2D eigenvalue weighted by Crippen LogP contribution is 2.27. The largest absolute Gasteiger partial charge is 0.492 e. The Morgan fingerprint density at radius 1 is 1.38 bits per heavy atom. The van der Waals surface area contributed by atoms with Crippen LogP contribution in [0.3, 0.4) is 0 Å². The van der Waals surface area contributed by atoms with E-state index < -0.39 is 0 Å². The summed E-state index contributed by atoms with van der Waals surface area (Å²) in [6, 6.07) is 5.13. The monoisotopic (exact) mass is 333 g/mol. The van der Waals surface area contributed by atoms with Crippen molar-refractivity contribution in [1.82, 2.24) is 10.2 Å². The van der Waals surface area contributed by atoms with E-state index in [1.807, 2.05) is 6.92 Å². The molecular formula is C18H27N3O3. The molecule has 1 heterocycles. The van der Waals surface area contributed by atoms with Crippen LogP contribution >= 0.6 is 0 Å². The Labute approximate surface area is 143 Å². The van der Waals surface area contributed by atoms with Crippen molar-refractivity contribution in [2.24, 2.45) is 5.92 Å². The van der Waals surface area contributed by atoms with Gasteiger partial charge < -0.3 is 20.3 Å². The molecule has 1 saturated heterocycles. The van der Waals surface area contributed by atoms with Gasteiger partial charge in [0.25, 0.3) is 5.91 Å². The minimum Gasteiger partial charge on any atom is -0.492 e. The molecule has 1 aliphatic rings. The van der Waals surface area contributed by atoms with E-state index in [-0.39, 0.29) is 11.8 Å². The summed E-state index contributed by atoms with van der Waals surface area (Å²) in [4.78, 5) is 25.8. The van der Waals surface area contributed by atoms with Crippen LogP contribution in [0, 0.1) is 5.92 Å². The van der Waals surface area contributed by atoms with Crippen molar-refractivity contribution in [3.8, 4) is 5.75 Å². The van der Waals surface area contributed by atoms with Gasteiger partial charge in [0, 0.05) is 26.1 Å². The third-order valence-electron chi connectivity index (χ3n) is 4.15. The highest BCUT2D eigenvalue weighted by molar-refractivity contribution is 5.97. The minimum absolute atomic E-state index is 0.0189. The summed E-state index contributed by atoms with van der Waals surface area (Å²) in [7, 11) is 3.41. The lowest BCUT2D eigenvalue weighted by molar-refractivity contribution is -0.116. The standard InChI is InChI=1S/C18H27N3O3/c1-4-24-16-11-14(18(23)21(2)3)6-7-15(16)20-17(22)8-5-13-9-10-19-12-13/h6-7,11,13,19H,4-5,8-10,12H2,1-3H3,(H,20,22). The molecule has 1 aromatic carbocycles. The Morgan fingerprint density at radius 2 is 2.17 bits per heavy atom. The fraction of sp³-hybridized carbons (Fsp3) is 0.556. The predicted octanol–water partition coefficient (Wildman–Crippen LogP) is 2.12. The van der Waals surface area contributed by atoms with E-state index >= 15 is 0 Å². The Balaban J connectivity index is 2.02. The van der Waals surface area contributed by atoms with Gasteiger partial charge in [-0.05, 0) is 57.0 Å². The molecule has 1 unspecified atom stereocenters. The minimum atomic E-state index is -0.0948. The zero-order chi connectivity index (χ0) is 17.5. The lowest BCUT2D eigenvalue weighted by Gasteiger charge is -2.15. The number of rotatable bonds is 7. The van der Waals surface area contributed by atoms with Crippen LogP contribution in [-0.2, 0) is 4.79 Å². The smallest absolute Gasteiger partial charge is 0.253 e. The number of nitrogens with zero attached hydrogens (tertiary/aromatic N) is 1. The van der Waals surface area contributed by atoms with Crippen LogP contribution < -0.4 is 15.4 Å². The summed E-state index contributed by atoms with van der Waals surface area (Å²) in [5, 5.41) is 6.22. The molecule has 0 spiro atoms. The maximum atomic E-state index is 12.2. The van der Waals surface area contributed by atoms with E-state index in [2.05, 4.69) is 10.6 Å². The number of carbonyl (C=O) groups excluding carboxylic acids is 2. The number of hydrogen-bond acceptors (Lipinski definition) is 4. The molecule has 1 atom stereocenters. The van der Waals surface area contributed by atoms with Crippen LogP contribution in [0.2, 0.25) is 0 Å². The molecule has 2 amide bonds. The first kappa shape index (κ1) is 18.3. The van der Waals surface area contributed by atoms with Gasteiger partial charge in [-0.1, -0.05) is 0 Å². The van der Waals surface area contributed by atoms with Gasteiger partial charge in [0.1, 0.15) is 5.75 Å². The van der Waals surface area contributed by atoms with Crippen molar-refractivity contribution < 1.29 is 14.3 Å². The summed E-state index contributed by atoms with van der Waals surface area (Å²) >= 11 is 0. The van der Waals surface area contributed by atoms with Crippen molar-refractivity contribution in [3.05, 3.63) is 23.8 Å². The van der Waals surface area contributed by atoms with Gasteiger partial charge >= 0.3 is 0 Å². The van der Waals surface area contributed by atoms with E-state index in [9.17, 15) is 9.59 Å². The normalized spacial score (nSPS) is 16.7. The third kappa shape index (κ3) is 4.96. The molecule has 6 nitrogen and oxygen atoms in total. The van der Waals surface area contributed by atoms with E-state index in [4.69, 9.17) is 4.74 Å². The summed E-state index contributed by atoms with van der Waals surface area (Å²) in [5.74, 6) is 1.00. The molecule has 0 radical (unpaired) electrons. The lowest BCUT2D eigenvalue weighted by Crippen LogP contribution is -2.22. The fourth-order valence-electron chi connectivity index (χ4n) is 2.80. The summed E-state index contributed by atoms with van der Waals surface area (Å²) in [6.07, 6.45) is 2.52. The van der Waals surface area contributed by atoms with Gasteiger partial charge in [-0.2, -0.15) is 0 Å². The molecular weight excluding hydrogens is 306 g/mol. The molecule has 0 bridgehead atoms. The molecule has 132 valence electrons. The van der Waals surface area contributed by atoms with Gasteiger partial charge in [0.05, 0.1) is 12.3 Å². The van der Waals surface area contributed by atoms with Gasteiger partial charge in [-0.3, -0.25) is 9.59 Å². The molecule has 6 heteroatoms. The van der Waals surface area contributed by atoms with E-state index in [0.717, 1.165) is 25.9 Å². The van der Waals surface area contributed by atoms with Crippen LogP contribution in [0.1, 0.15) is 36.5 Å². The molecule has 1 aromatic rings. The van der Waals surface area contributed by atoms with Crippen LogP contribution in [0.15, 0.2) is 18.2 Å². The second kappa shape index (κ2) is 8.68. The third-order valence-corrected chi connectivity index (χ3v) is 4.15. The van der Waals surface area contributed by atoms with Crippen molar-refractivity contribution in [3.63, 3.8) is 0 Å². The van der Waals surface area contributed by atoms with Crippen molar-refractivity contribution in [2.45, 2.75) is 26.2 Å². The molecule has 0 saturated carbocycles. The number of carbonyl (C=O) groups is 2. The zero-order valence-corrected chi connectivity index (χ0v) is 14.7. The number of hydrogen-bond donors (Lipinski definition) is 2. The first-order chi connectivity index (χ1) is 11.5. The quantitative estimate of drug-likeness (QED) is 0.802. The van der Waals surface area contributed by atoms with Crippen molar-refractivity contribution in [1.29, 1.82) is 0 Å². The highest BCUT2D eigenvalue weighted by Gasteiger charge is 2.17. The fourth-order valence-corrected chi connectivity index (χ4v) is 2.80. The molecule has 24 heavy (non-hydrogen) atoms. The first-order valence-corrected chi connectivity index (χ1v) is 8.50. The second-order valence-corrected chi connectivity index (χ2v) is 6.29. The molecule has 1 aliphatic heterocycles. The van der Waals surface area contributed by atoms with E-state index in [1.54, 1.807) is 32.3 Å². The average molecular weight is 333 g/mol. The SMILES string of the molecule is CCOc1cc(C(=O)N(C)C)ccc1NC(=O)CCC1CCNC1. The topological polar surface area (TPSA) is 70.7 Å². The molecule has 2 N–H and O–H groups in total. The molecule has 1 fully saturated rings. The van der Waals surface area contributed by atoms with Crippen LogP contribution in [0.4, 0.5) is 5.69 Å². The maximum absolute atomic E-state index is 12.2.